The normalized spacial score (nSPS) is 11.2. The van der Waals surface area contributed by atoms with Gasteiger partial charge in [0.05, 0.1) is 16.7 Å². The molecule has 2 heterocycles. The Bertz CT molecular complexity index is 1400. The Kier molecular flexibility index (Phi) is 3.95. The van der Waals surface area contributed by atoms with E-state index in [1.807, 2.05) is 86.6 Å². The van der Waals surface area contributed by atoms with Crippen LogP contribution in [0.25, 0.3) is 27.8 Å². The number of benzene rings is 3. The molecule has 0 saturated heterocycles. The number of ketones is 1. The fourth-order valence-corrected chi connectivity index (χ4v) is 3.71. The lowest BCUT2D eigenvalue weighted by Gasteiger charge is -2.10. The molecule has 0 radical (unpaired) electrons. The third-order valence-corrected chi connectivity index (χ3v) is 5.24. The van der Waals surface area contributed by atoms with Crippen molar-refractivity contribution in [2.24, 2.45) is 0 Å². The molecule has 0 aliphatic heterocycles. The standard InChI is InChI=1S/C24H18N4O/c1-15-9-3-5-11-17(15)21-23-22(24(29)18-12-6-4-10-16(18)2)26-27-28(23)20-14-8-7-13-19(20)25-21/h3-14H,1-2H3. The molecule has 0 aliphatic carbocycles. The Hall–Kier alpha value is -3.86. The fraction of sp³-hybridized carbons (Fsp3) is 0.0833. The average Bonchev–Trinajstić information content (AvgIpc) is 3.19. The van der Waals surface area contributed by atoms with Gasteiger partial charge in [-0.05, 0) is 37.1 Å². The average molecular weight is 378 g/mol. The Morgan fingerprint density at radius 1 is 0.828 bits per heavy atom. The van der Waals surface area contributed by atoms with E-state index in [1.54, 1.807) is 4.52 Å². The highest BCUT2D eigenvalue weighted by atomic mass is 16.1. The molecule has 5 heteroatoms. The van der Waals surface area contributed by atoms with Crippen LogP contribution in [-0.2, 0) is 0 Å². The van der Waals surface area contributed by atoms with E-state index < -0.39 is 0 Å². The van der Waals surface area contributed by atoms with Crippen LogP contribution in [0.3, 0.4) is 0 Å². The van der Waals surface area contributed by atoms with Gasteiger partial charge in [-0.25, -0.2) is 9.50 Å². The highest BCUT2D eigenvalue weighted by molar-refractivity contribution is 6.14. The molecule has 0 fully saturated rings. The third kappa shape index (κ3) is 2.70. The molecule has 0 spiro atoms. The number of nitrogens with zero attached hydrogens (tertiary/aromatic N) is 4. The maximum Gasteiger partial charge on any atom is 0.215 e. The van der Waals surface area contributed by atoms with Gasteiger partial charge >= 0.3 is 0 Å². The predicted molar refractivity (Wildman–Crippen MR) is 113 cm³/mol. The van der Waals surface area contributed by atoms with E-state index in [9.17, 15) is 4.79 Å². The maximum atomic E-state index is 13.4. The molecule has 5 nitrogen and oxygen atoms in total. The second-order valence-corrected chi connectivity index (χ2v) is 7.11. The lowest BCUT2D eigenvalue weighted by Crippen LogP contribution is -2.06. The van der Waals surface area contributed by atoms with Gasteiger partial charge in [0.1, 0.15) is 5.52 Å². The van der Waals surface area contributed by atoms with E-state index in [0.29, 0.717) is 22.5 Å². The number of hydrogen-bond donors (Lipinski definition) is 0. The van der Waals surface area contributed by atoms with E-state index in [0.717, 1.165) is 27.7 Å². The molecule has 2 aromatic heterocycles. The van der Waals surface area contributed by atoms with Crippen LogP contribution in [0.2, 0.25) is 0 Å². The monoisotopic (exact) mass is 378 g/mol. The Balaban J connectivity index is 1.88. The van der Waals surface area contributed by atoms with Gasteiger partial charge in [0.15, 0.2) is 5.69 Å². The molecule has 5 aromatic rings. The number of carbonyl (C=O) groups excluding carboxylic acids is 1. The Morgan fingerprint density at radius 2 is 1.52 bits per heavy atom. The van der Waals surface area contributed by atoms with E-state index in [2.05, 4.69) is 10.3 Å². The van der Waals surface area contributed by atoms with Crippen LogP contribution in [0.5, 0.6) is 0 Å². The van der Waals surface area contributed by atoms with Gasteiger partial charge < -0.3 is 0 Å². The smallest absolute Gasteiger partial charge is 0.215 e. The van der Waals surface area contributed by atoms with E-state index in [1.165, 1.54) is 0 Å². The summed E-state index contributed by atoms with van der Waals surface area (Å²) in [4.78, 5) is 18.3. The van der Waals surface area contributed by atoms with Crippen LogP contribution in [0.4, 0.5) is 0 Å². The molecule has 0 bridgehead atoms. The van der Waals surface area contributed by atoms with Crippen molar-refractivity contribution < 1.29 is 4.79 Å². The molecule has 0 unspecified atom stereocenters. The molecule has 0 atom stereocenters. The van der Waals surface area contributed by atoms with Crippen molar-refractivity contribution in [2.45, 2.75) is 13.8 Å². The summed E-state index contributed by atoms with van der Waals surface area (Å²) < 4.78 is 1.73. The van der Waals surface area contributed by atoms with Crippen molar-refractivity contribution in [2.75, 3.05) is 0 Å². The van der Waals surface area contributed by atoms with Gasteiger partial charge in [-0.2, -0.15) is 0 Å². The van der Waals surface area contributed by atoms with Crippen molar-refractivity contribution >= 4 is 22.3 Å². The molecular weight excluding hydrogens is 360 g/mol. The van der Waals surface area contributed by atoms with Crippen LogP contribution in [0, 0.1) is 13.8 Å². The summed E-state index contributed by atoms with van der Waals surface area (Å²) in [6.07, 6.45) is 0. The van der Waals surface area contributed by atoms with Gasteiger partial charge in [0.2, 0.25) is 5.78 Å². The van der Waals surface area contributed by atoms with Crippen molar-refractivity contribution in [3.05, 3.63) is 95.2 Å². The van der Waals surface area contributed by atoms with Gasteiger partial charge in [-0.15, -0.1) is 5.10 Å². The number of para-hydroxylation sites is 2. The van der Waals surface area contributed by atoms with Crippen LogP contribution in [0.1, 0.15) is 27.2 Å². The first-order valence-electron chi connectivity index (χ1n) is 9.45. The first-order valence-corrected chi connectivity index (χ1v) is 9.45. The second kappa shape index (κ2) is 6.63. The number of carbonyl (C=O) groups is 1. The number of rotatable bonds is 3. The zero-order chi connectivity index (χ0) is 20.0. The van der Waals surface area contributed by atoms with Crippen molar-refractivity contribution in [1.82, 2.24) is 19.8 Å². The van der Waals surface area contributed by atoms with E-state index >= 15 is 0 Å². The molecule has 5 rings (SSSR count). The minimum atomic E-state index is -0.148. The molecule has 29 heavy (non-hydrogen) atoms. The lowest BCUT2D eigenvalue weighted by molar-refractivity contribution is 0.103. The number of hydrogen-bond acceptors (Lipinski definition) is 4. The summed E-state index contributed by atoms with van der Waals surface area (Å²) in [5, 5.41) is 8.65. The van der Waals surface area contributed by atoms with Crippen molar-refractivity contribution in [3.63, 3.8) is 0 Å². The van der Waals surface area contributed by atoms with Gasteiger partial charge in [0, 0.05) is 11.1 Å². The quantitative estimate of drug-likeness (QED) is 0.424. The van der Waals surface area contributed by atoms with Gasteiger partial charge in [0.25, 0.3) is 0 Å². The highest BCUT2D eigenvalue weighted by Crippen LogP contribution is 2.31. The molecule has 3 aromatic carbocycles. The molecule has 0 amide bonds. The van der Waals surface area contributed by atoms with E-state index in [4.69, 9.17) is 4.98 Å². The number of aromatic nitrogens is 4. The Labute approximate surface area is 167 Å². The van der Waals surface area contributed by atoms with Crippen molar-refractivity contribution in [3.8, 4) is 11.3 Å². The van der Waals surface area contributed by atoms with E-state index in [-0.39, 0.29) is 5.78 Å². The van der Waals surface area contributed by atoms with Gasteiger partial charge in [-0.3, -0.25) is 4.79 Å². The minimum Gasteiger partial charge on any atom is -0.287 e. The molecule has 140 valence electrons. The fourth-order valence-electron chi connectivity index (χ4n) is 3.71. The molecule has 0 N–H and O–H groups in total. The third-order valence-electron chi connectivity index (χ3n) is 5.24. The van der Waals surface area contributed by atoms with Crippen LogP contribution in [0.15, 0.2) is 72.8 Å². The van der Waals surface area contributed by atoms with Crippen LogP contribution < -0.4 is 0 Å². The highest BCUT2D eigenvalue weighted by Gasteiger charge is 2.24. The summed E-state index contributed by atoms with van der Waals surface area (Å²) >= 11 is 0. The lowest BCUT2D eigenvalue weighted by atomic mass is 9.99. The molecular formula is C24H18N4O. The minimum absolute atomic E-state index is 0.148. The summed E-state index contributed by atoms with van der Waals surface area (Å²) in [5.41, 5.74) is 6.85. The maximum absolute atomic E-state index is 13.4. The zero-order valence-electron chi connectivity index (χ0n) is 16.1. The number of aryl methyl sites for hydroxylation is 2. The van der Waals surface area contributed by atoms with Crippen LogP contribution >= 0.6 is 0 Å². The molecule has 0 aliphatic rings. The van der Waals surface area contributed by atoms with Crippen molar-refractivity contribution in [1.29, 1.82) is 0 Å². The second-order valence-electron chi connectivity index (χ2n) is 7.11. The first-order chi connectivity index (χ1) is 14.1. The first kappa shape index (κ1) is 17.3. The summed E-state index contributed by atoms with van der Waals surface area (Å²) in [6.45, 7) is 3.96. The van der Waals surface area contributed by atoms with Gasteiger partial charge in [-0.1, -0.05) is 65.9 Å². The summed E-state index contributed by atoms with van der Waals surface area (Å²) in [7, 11) is 0. The SMILES string of the molecule is Cc1ccccc1C(=O)c1nnn2c1c(-c1ccccc1C)nc1ccccc12. The summed E-state index contributed by atoms with van der Waals surface area (Å²) in [5.74, 6) is -0.148. The largest absolute Gasteiger partial charge is 0.287 e. The topological polar surface area (TPSA) is 60.2 Å². The number of fused-ring (bicyclic) bond motifs is 3. The zero-order valence-corrected chi connectivity index (χ0v) is 16.1. The predicted octanol–water partition coefficient (Wildman–Crippen LogP) is 4.79. The Morgan fingerprint density at radius 3 is 2.31 bits per heavy atom. The summed E-state index contributed by atoms with van der Waals surface area (Å²) in [6, 6.07) is 23.3. The van der Waals surface area contributed by atoms with Crippen LogP contribution in [-0.4, -0.2) is 25.6 Å². The molecule has 0 saturated carbocycles.